The van der Waals surface area contributed by atoms with Gasteiger partial charge in [0.1, 0.15) is 5.82 Å². The van der Waals surface area contributed by atoms with E-state index in [2.05, 4.69) is 44.5 Å². The number of aliphatic hydroxyl groups excluding tert-OH is 1. The molecule has 2 aromatic carbocycles. The normalized spacial score (nSPS) is 12.8. The van der Waals surface area contributed by atoms with Crippen LogP contribution in [0.2, 0.25) is 0 Å². The van der Waals surface area contributed by atoms with Crippen molar-refractivity contribution in [1.82, 2.24) is 19.9 Å². The smallest absolute Gasteiger partial charge is 0.265 e. The van der Waals surface area contributed by atoms with Gasteiger partial charge < -0.3 is 25.6 Å². The highest BCUT2D eigenvalue weighted by Gasteiger charge is 2.20. The van der Waals surface area contributed by atoms with E-state index in [0.29, 0.717) is 53.0 Å². The summed E-state index contributed by atoms with van der Waals surface area (Å²) in [6.45, 7) is 3.46. The van der Waals surface area contributed by atoms with Crippen molar-refractivity contribution in [3.63, 3.8) is 0 Å². The van der Waals surface area contributed by atoms with Gasteiger partial charge in [0.2, 0.25) is 5.95 Å². The van der Waals surface area contributed by atoms with Crippen LogP contribution in [0.1, 0.15) is 55.5 Å². The summed E-state index contributed by atoms with van der Waals surface area (Å²) < 4.78 is 10.5. The molecule has 0 spiro atoms. The maximum absolute atomic E-state index is 13.2. The Hall–Kier alpha value is -3.74. The van der Waals surface area contributed by atoms with Gasteiger partial charge in [-0.15, -0.1) is 11.3 Å². The largest absolute Gasteiger partial charge is 0.392 e. The zero-order valence-electron chi connectivity index (χ0n) is 25.3. The summed E-state index contributed by atoms with van der Waals surface area (Å²) in [4.78, 5) is 30.9. The van der Waals surface area contributed by atoms with Crippen molar-refractivity contribution in [1.29, 1.82) is 0 Å². The summed E-state index contributed by atoms with van der Waals surface area (Å²) >= 11 is 1.55. The summed E-state index contributed by atoms with van der Waals surface area (Å²) in [5, 5.41) is 13.4. The molecule has 0 unspecified atom stereocenters. The van der Waals surface area contributed by atoms with Crippen LogP contribution in [0, 0.1) is 0 Å². The van der Waals surface area contributed by atoms with Crippen LogP contribution in [-0.2, 0) is 41.9 Å². The standard InChI is InChI=1S/C33H40N6O4S/c1-42-16-14-39(15-17-43-2)20-23-12-10-22(11-13-23)18-30-36-31(38-33(34)37-30)25-7-5-8-27(26(25)21-40)35-32(41)29-19-24-6-3-4-9-28(24)44-29/h5,7-8,10-13,19,40H,3-4,6,9,14-18,20-21H2,1-2H3,(H,35,41)(H2,34,36,37,38). The number of rotatable bonds is 14. The van der Waals surface area contributed by atoms with Gasteiger partial charge in [0, 0.05) is 62.0 Å². The number of amides is 1. The lowest BCUT2D eigenvalue weighted by Gasteiger charge is -2.21. The van der Waals surface area contributed by atoms with Gasteiger partial charge in [-0.05, 0) is 54.5 Å². The number of methoxy groups -OCH3 is 2. The number of aromatic nitrogens is 3. The van der Waals surface area contributed by atoms with Crippen LogP contribution in [0.5, 0.6) is 0 Å². The third-order valence-corrected chi connectivity index (χ3v) is 8.99. The van der Waals surface area contributed by atoms with Crippen LogP contribution < -0.4 is 11.1 Å². The third-order valence-electron chi connectivity index (χ3n) is 7.76. The van der Waals surface area contributed by atoms with Crippen molar-refractivity contribution in [3.8, 4) is 11.4 Å². The quantitative estimate of drug-likeness (QED) is 0.187. The SMILES string of the molecule is COCCN(CCOC)Cc1ccc(Cc2nc(N)nc(-c3cccc(NC(=O)c4cc5c(s4)CCCC5)c3CO)n2)cc1. The molecule has 0 radical (unpaired) electrons. The number of nitrogens with two attached hydrogens (primary N) is 1. The molecule has 4 N–H and O–H groups in total. The third kappa shape index (κ3) is 8.04. The average molecular weight is 617 g/mol. The van der Waals surface area contributed by atoms with Crippen molar-refractivity contribution in [3.05, 3.63) is 86.4 Å². The van der Waals surface area contributed by atoms with Crippen LogP contribution >= 0.6 is 11.3 Å². The van der Waals surface area contributed by atoms with E-state index in [-0.39, 0.29) is 18.5 Å². The van der Waals surface area contributed by atoms with Crippen LogP contribution in [0.15, 0.2) is 48.5 Å². The van der Waals surface area contributed by atoms with E-state index in [1.807, 2.05) is 18.2 Å². The fourth-order valence-electron chi connectivity index (χ4n) is 5.42. The lowest BCUT2D eigenvalue weighted by atomic mass is 9.99. The van der Waals surface area contributed by atoms with E-state index in [1.165, 1.54) is 16.0 Å². The first kappa shape index (κ1) is 31.7. The second-order valence-corrected chi connectivity index (χ2v) is 12.0. The summed E-state index contributed by atoms with van der Waals surface area (Å²) in [6.07, 6.45) is 4.83. The molecule has 0 saturated carbocycles. The number of carbonyl (C=O) groups is 1. The van der Waals surface area contributed by atoms with Crippen LogP contribution in [-0.4, -0.2) is 71.4 Å². The highest BCUT2D eigenvalue weighted by atomic mass is 32.1. The van der Waals surface area contributed by atoms with Gasteiger partial charge in [-0.3, -0.25) is 9.69 Å². The van der Waals surface area contributed by atoms with Gasteiger partial charge in [-0.25, -0.2) is 4.98 Å². The molecule has 0 atom stereocenters. The molecule has 0 saturated heterocycles. The molecule has 1 amide bonds. The first-order valence-electron chi connectivity index (χ1n) is 14.9. The van der Waals surface area contributed by atoms with E-state index >= 15 is 0 Å². The number of thiophene rings is 1. The van der Waals surface area contributed by atoms with E-state index in [9.17, 15) is 9.90 Å². The maximum Gasteiger partial charge on any atom is 0.265 e. The molecule has 0 bridgehead atoms. The Morgan fingerprint density at radius 1 is 1.00 bits per heavy atom. The predicted octanol–water partition coefficient (Wildman–Crippen LogP) is 4.49. The molecule has 0 aliphatic heterocycles. The fourth-order valence-corrected chi connectivity index (χ4v) is 6.57. The highest BCUT2D eigenvalue weighted by Crippen LogP contribution is 2.32. The summed E-state index contributed by atoms with van der Waals surface area (Å²) in [5.41, 5.74) is 11.3. The summed E-state index contributed by atoms with van der Waals surface area (Å²) in [7, 11) is 3.42. The van der Waals surface area contributed by atoms with Crippen molar-refractivity contribution in [2.24, 2.45) is 0 Å². The van der Waals surface area contributed by atoms with Crippen molar-refractivity contribution >= 4 is 28.9 Å². The number of nitrogens with one attached hydrogen (secondary N) is 1. The van der Waals surface area contributed by atoms with Gasteiger partial charge in [-0.1, -0.05) is 36.4 Å². The Balaban J connectivity index is 1.31. The second-order valence-electron chi connectivity index (χ2n) is 10.9. The number of nitrogen functional groups attached to an aromatic ring is 1. The zero-order chi connectivity index (χ0) is 30.9. The van der Waals surface area contributed by atoms with Gasteiger partial charge in [0.05, 0.1) is 24.7 Å². The van der Waals surface area contributed by atoms with E-state index < -0.39 is 0 Å². The van der Waals surface area contributed by atoms with E-state index in [0.717, 1.165) is 50.9 Å². The molecule has 1 aliphatic rings. The molecule has 2 aromatic heterocycles. The van der Waals surface area contributed by atoms with Gasteiger partial charge in [-0.2, -0.15) is 9.97 Å². The highest BCUT2D eigenvalue weighted by molar-refractivity contribution is 7.14. The van der Waals surface area contributed by atoms with Gasteiger partial charge >= 0.3 is 0 Å². The Morgan fingerprint density at radius 3 is 2.43 bits per heavy atom. The Kier molecular flexibility index (Phi) is 11.0. The van der Waals surface area contributed by atoms with Crippen molar-refractivity contribution < 1.29 is 19.4 Å². The summed E-state index contributed by atoms with van der Waals surface area (Å²) in [6, 6.07) is 15.7. The first-order valence-corrected chi connectivity index (χ1v) is 15.7. The molecule has 44 heavy (non-hydrogen) atoms. The number of fused-ring (bicyclic) bond motifs is 1. The number of anilines is 2. The molecule has 11 heteroatoms. The average Bonchev–Trinajstić information content (AvgIpc) is 3.48. The van der Waals surface area contributed by atoms with Gasteiger partial charge in [0.15, 0.2) is 5.82 Å². The molecule has 0 fully saturated rings. The molecule has 5 rings (SSSR count). The molecule has 4 aromatic rings. The van der Waals surface area contributed by atoms with Crippen LogP contribution in [0.4, 0.5) is 11.6 Å². The number of hydrogen-bond acceptors (Lipinski definition) is 10. The molecule has 2 heterocycles. The topological polar surface area (TPSA) is 136 Å². The Labute approximate surface area is 262 Å². The van der Waals surface area contributed by atoms with E-state index in [1.54, 1.807) is 31.6 Å². The number of nitrogens with zero attached hydrogens (tertiary/aromatic N) is 4. The fraction of sp³-hybridized carbons (Fsp3) is 0.394. The number of hydrogen-bond donors (Lipinski definition) is 3. The monoisotopic (exact) mass is 616 g/mol. The number of benzene rings is 2. The number of ether oxygens (including phenoxy) is 2. The lowest BCUT2D eigenvalue weighted by Crippen LogP contribution is -2.30. The molecule has 232 valence electrons. The molecular formula is C33H40N6O4S. The number of aryl methyl sites for hydroxylation is 2. The number of carbonyl (C=O) groups excluding carboxylic acids is 1. The summed E-state index contributed by atoms with van der Waals surface area (Å²) in [5.74, 6) is 0.777. The van der Waals surface area contributed by atoms with E-state index in [4.69, 9.17) is 20.2 Å². The van der Waals surface area contributed by atoms with Crippen molar-refractivity contribution in [2.75, 3.05) is 51.6 Å². The van der Waals surface area contributed by atoms with Crippen molar-refractivity contribution in [2.45, 2.75) is 45.3 Å². The molecule has 1 aliphatic carbocycles. The molecule has 10 nitrogen and oxygen atoms in total. The zero-order valence-corrected chi connectivity index (χ0v) is 26.2. The van der Waals surface area contributed by atoms with Crippen LogP contribution in [0.3, 0.4) is 0 Å². The minimum absolute atomic E-state index is 0.0936. The number of aliphatic hydroxyl groups is 1. The minimum Gasteiger partial charge on any atom is -0.392 e. The predicted molar refractivity (Wildman–Crippen MR) is 173 cm³/mol. The minimum atomic E-state index is -0.305. The van der Waals surface area contributed by atoms with Crippen LogP contribution in [0.25, 0.3) is 11.4 Å². The lowest BCUT2D eigenvalue weighted by molar-refractivity contribution is 0.103. The Bertz CT molecular complexity index is 1530. The second kappa shape index (κ2) is 15.3. The molecular weight excluding hydrogens is 576 g/mol. The first-order chi connectivity index (χ1) is 21.5. The van der Waals surface area contributed by atoms with Gasteiger partial charge in [0.25, 0.3) is 5.91 Å². The maximum atomic E-state index is 13.2. The Morgan fingerprint density at radius 2 is 1.73 bits per heavy atom.